The highest BCUT2D eigenvalue weighted by Gasteiger charge is 2.31. The monoisotopic (exact) mass is 258 g/mol. The van der Waals surface area contributed by atoms with Crippen LogP contribution in [-0.4, -0.2) is 55.0 Å². The molecule has 0 aromatic carbocycles. The Kier molecular flexibility index (Phi) is 6.43. The van der Waals surface area contributed by atoms with Crippen LogP contribution in [0.4, 0.5) is 4.79 Å². The number of carbonyl (C=O) groups excluding carboxylic acids is 1. The smallest absolute Gasteiger partial charge is 0.407 e. The van der Waals surface area contributed by atoms with Crippen LogP contribution in [0.2, 0.25) is 0 Å². The summed E-state index contributed by atoms with van der Waals surface area (Å²) in [5, 5.41) is 12.9. The summed E-state index contributed by atoms with van der Waals surface area (Å²) in [6, 6.07) is 0.0731. The number of aliphatic hydroxyl groups excluding tert-OH is 1. The Morgan fingerprint density at radius 2 is 2.22 bits per heavy atom. The summed E-state index contributed by atoms with van der Waals surface area (Å²) in [6.07, 6.45) is 1.99. The number of methoxy groups -OCH3 is 1. The molecule has 0 saturated carbocycles. The molecule has 0 spiro atoms. The largest absolute Gasteiger partial charge is 0.453 e. The van der Waals surface area contributed by atoms with Crippen molar-refractivity contribution < 1.29 is 14.6 Å². The Hall–Kier alpha value is -0.810. The lowest BCUT2D eigenvalue weighted by Gasteiger charge is -2.39. The topological polar surface area (TPSA) is 61.8 Å². The molecule has 3 unspecified atom stereocenters. The number of likely N-dealkylation sites (tertiary alicyclic amines) is 1. The molecule has 1 aliphatic heterocycles. The van der Waals surface area contributed by atoms with E-state index in [0.717, 1.165) is 38.9 Å². The minimum Gasteiger partial charge on any atom is -0.453 e. The van der Waals surface area contributed by atoms with Crippen molar-refractivity contribution in [2.24, 2.45) is 5.92 Å². The van der Waals surface area contributed by atoms with E-state index in [1.807, 2.05) is 6.92 Å². The van der Waals surface area contributed by atoms with Gasteiger partial charge in [-0.05, 0) is 31.7 Å². The van der Waals surface area contributed by atoms with E-state index in [-0.39, 0.29) is 24.2 Å². The second kappa shape index (κ2) is 7.59. The Morgan fingerprint density at radius 1 is 1.50 bits per heavy atom. The van der Waals surface area contributed by atoms with E-state index in [1.165, 1.54) is 7.11 Å². The van der Waals surface area contributed by atoms with Crippen LogP contribution in [0, 0.1) is 5.92 Å². The minimum absolute atomic E-state index is 0.0731. The molecule has 0 aliphatic carbocycles. The van der Waals surface area contributed by atoms with E-state index in [4.69, 9.17) is 0 Å². The number of nitrogens with one attached hydrogen (secondary N) is 1. The minimum atomic E-state index is -0.386. The van der Waals surface area contributed by atoms with Gasteiger partial charge in [0.05, 0.1) is 13.2 Å². The zero-order valence-electron chi connectivity index (χ0n) is 11.7. The number of alkyl carbamates (subject to hydrolysis) is 1. The van der Waals surface area contributed by atoms with E-state index >= 15 is 0 Å². The number of hydrogen-bond acceptors (Lipinski definition) is 4. The lowest BCUT2D eigenvalue weighted by molar-refractivity contribution is 0.0352. The number of aliphatic hydroxyl groups is 1. The van der Waals surface area contributed by atoms with E-state index in [2.05, 4.69) is 21.9 Å². The predicted molar refractivity (Wildman–Crippen MR) is 70.5 cm³/mol. The first kappa shape index (κ1) is 15.2. The van der Waals surface area contributed by atoms with Crippen LogP contribution >= 0.6 is 0 Å². The molecular weight excluding hydrogens is 232 g/mol. The first-order chi connectivity index (χ1) is 8.60. The highest BCUT2D eigenvalue weighted by molar-refractivity contribution is 5.67. The predicted octanol–water partition coefficient (Wildman–Crippen LogP) is 1.21. The molecular formula is C13H26N2O3. The van der Waals surface area contributed by atoms with Gasteiger partial charge in [0, 0.05) is 19.1 Å². The Bertz CT molecular complexity index is 261. The number of rotatable bonds is 5. The maximum absolute atomic E-state index is 11.3. The first-order valence-electron chi connectivity index (χ1n) is 6.85. The normalized spacial score (nSPS) is 26.7. The van der Waals surface area contributed by atoms with Crippen molar-refractivity contribution in [2.75, 3.05) is 26.7 Å². The van der Waals surface area contributed by atoms with Gasteiger partial charge in [0.25, 0.3) is 0 Å². The van der Waals surface area contributed by atoms with Crippen molar-refractivity contribution in [2.45, 2.75) is 45.3 Å². The van der Waals surface area contributed by atoms with Gasteiger partial charge in [-0.15, -0.1) is 0 Å². The molecule has 0 radical (unpaired) electrons. The van der Waals surface area contributed by atoms with Crippen molar-refractivity contribution in [3.8, 4) is 0 Å². The fourth-order valence-electron chi connectivity index (χ4n) is 2.67. The molecule has 3 atom stereocenters. The van der Waals surface area contributed by atoms with Gasteiger partial charge in [-0.1, -0.05) is 13.8 Å². The third kappa shape index (κ3) is 4.46. The van der Waals surface area contributed by atoms with Gasteiger partial charge in [0.15, 0.2) is 0 Å². The third-order valence-corrected chi connectivity index (χ3v) is 3.57. The molecule has 0 aromatic rings. The maximum atomic E-state index is 11.3. The van der Waals surface area contributed by atoms with Gasteiger partial charge in [-0.25, -0.2) is 4.79 Å². The fraction of sp³-hybridized carbons (Fsp3) is 0.923. The highest BCUT2D eigenvalue weighted by Crippen LogP contribution is 2.22. The average molecular weight is 258 g/mol. The summed E-state index contributed by atoms with van der Waals surface area (Å²) >= 11 is 0. The molecule has 106 valence electrons. The van der Waals surface area contributed by atoms with Crippen molar-refractivity contribution in [1.29, 1.82) is 0 Å². The van der Waals surface area contributed by atoms with Gasteiger partial charge in [0.1, 0.15) is 0 Å². The van der Waals surface area contributed by atoms with Crippen LogP contribution in [0.3, 0.4) is 0 Å². The van der Waals surface area contributed by atoms with Crippen LogP contribution < -0.4 is 5.32 Å². The first-order valence-corrected chi connectivity index (χ1v) is 6.85. The lowest BCUT2D eigenvalue weighted by atomic mass is 9.88. The van der Waals surface area contributed by atoms with Crippen molar-refractivity contribution in [3.05, 3.63) is 0 Å². The summed E-state index contributed by atoms with van der Waals surface area (Å²) in [5.41, 5.74) is 0. The molecule has 2 N–H and O–H groups in total. The zero-order chi connectivity index (χ0) is 13.5. The third-order valence-electron chi connectivity index (χ3n) is 3.57. The Morgan fingerprint density at radius 3 is 2.78 bits per heavy atom. The summed E-state index contributed by atoms with van der Waals surface area (Å²) in [7, 11) is 1.38. The van der Waals surface area contributed by atoms with E-state index in [1.54, 1.807) is 0 Å². The fourth-order valence-corrected chi connectivity index (χ4v) is 2.67. The van der Waals surface area contributed by atoms with Gasteiger partial charge in [-0.2, -0.15) is 0 Å². The molecule has 1 fully saturated rings. The number of amides is 1. The molecule has 1 amide bonds. The van der Waals surface area contributed by atoms with Crippen molar-refractivity contribution in [1.82, 2.24) is 10.2 Å². The SMILES string of the molecule is CCCN1CC(NC(=O)OC)CC(C(O)CC)C1. The van der Waals surface area contributed by atoms with Crippen LogP contribution in [-0.2, 0) is 4.74 Å². The van der Waals surface area contributed by atoms with Gasteiger partial charge >= 0.3 is 6.09 Å². The number of carbonyl (C=O) groups is 1. The van der Waals surface area contributed by atoms with Crippen molar-refractivity contribution in [3.63, 3.8) is 0 Å². The molecule has 5 nitrogen and oxygen atoms in total. The summed E-state index contributed by atoms with van der Waals surface area (Å²) in [5.74, 6) is 0.234. The molecule has 1 saturated heterocycles. The molecule has 5 heteroatoms. The molecule has 1 rings (SSSR count). The van der Waals surface area contributed by atoms with E-state index in [9.17, 15) is 9.90 Å². The van der Waals surface area contributed by atoms with Gasteiger partial charge < -0.3 is 20.1 Å². The maximum Gasteiger partial charge on any atom is 0.407 e. The van der Waals surface area contributed by atoms with E-state index in [0.29, 0.717) is 0 Å². The quantitative estimate of drug-likeness (QED) is 0.778. The Balaban J connectivity index is 2.58. The molecule has 18 heavy (non-hydrogen) atoms. The number of piperidine rings is 1. The van der Waals surface area contributed by atoms with Crippen LogP contribution in [0.5, 0.6) is 0 Å². The molecule has 0 aromatic heterocycles. The molecule has 1 heterocycles. The molecule has 1 aliphatic rings. The number of nitrogens with zero attached hydrogens (tertiary/aromatic N) is 1. The van der Waals surface area contributed by atoms with Crippen LogP contribution in [0.1, 0.15) is 33.1 Å². The van der Waals surface area contributed by atoms with Gasteiger partial charge in [0.2, 0.25) is 0 Å². The van der Waals surface area contributed by atoms with Crippen LogP contribution in [0.15, 0.2) is 0 Å². The summed E-state index contributed by atoms with van der Waals surface area (Å²) in [6.45, 7) is 6.90. The average Bonchev–Trinajstić information content (AvgIpc) is 2.37. The Labute approximate surface area is 109 Å². The molecule has 0 bridgehead atoms. The van der Waals surface area contributed by atoms with Gasteiger partial charge in [-0.3, -0.25) is 0 Å². The van der Waals surface area contributed by atoms with Crippen molar-refractivity contribution >= 4 is 6.09 Å². The number of ether oxygens (including phenoxy) is 1. The zero-order valence-corrected chi connectivity index (χ0v) is 11.7. The summed E-state index contributed by atoms with van der Waals surface area (Å²) in [4.78, 5) is 13.6. The van der Waals surface area contributed by atoms with E-state index < -0.39 is 0 Å². The lowest BCUT2D eigenvalue weighted by Crippen LogP contribution is -2.53. The van der Waals surface area contributed by atoms with Crippen LogP contribution in [0.25, 0.3) is 0 Å². The standard InChI is InChI=1S/C13H26N2O3/c1-4-6-15-8-10(12(16)5-2)7-11(9-15)14-13(17)18-3/h10-12,16H,4-9H2,1-3H3,(H,14,17). The number of hydrogen-bond donors (Lipinski definition) is 2. The summed E-state index contributed by atoms with van der Waals surface area (Å²) < 4.78 is 4.64. The second-order valence-corrected chi connectivity index (χ2v) is 5.06. The second-order valence-electron chi connectivity index (χ2n) is 5.06. The highest BCUT2D eigenvalue weighted by atomic mass is 16.5.